The van der Waals surface area contributed by atoms with Gasteiger partial charge in [-0.3, -0.25) is 14.4 Å². The summed E-state index contributed by atoms with van der Waals surface area (Å²) < 4.78 is 17.1. The fraction of sp³-hybridized carbons (Fsp3) is 0.526. The van der Waals surface area contributed by atoms with Crippen LogP contribution < -0.4 is 5.32 Å². The summed E-state index contributed by atoms with van der Waals surface area (Å²) in [5.41, 5.74) is -6.61. The monoisotopic (exact) mass is 707 g/mol. The number of fused-ring (bicyclic) bond motifs is 5. The first-order valence-corrected chi connectivity index (χ1v) is 17.0. The molecule has 2 aromatic carbocycles. The highest BCUT2D eigenvalue weighted by Crippen LogP contribution is 2.62. The average Bonchev–Trinajstić information content (AvgIpc) is 3.09. The van der Waals surface area contributed by atoms with Crippen LogP contribution in [-0.4, -0.2) is 104 Å². The van der Waals surface area contributed by atoms with Crippen LogP contribution in [0.5, 0.6) is 0 Å². The molecule has 1 aliphatic heterocycles. The molecule has 0 spiro atoms. The number of esters is 2. The minimum absolute atomic E-state index is 0.0469. The normalized spacial score (nSPS) is 36.5. The first-order chi connectivity index (χ1) is 23.9. The van der Waals surface area contributed by atoms with Gasteiger partial charge in [0.25, 0.3) is 5.91 Å². The number of carbonyl (C=O) groups is 4. The summed E-state index contributed by atoms with van der Waals surface area (Å²) in [6, 6.07) is 15.2. The van der Waals surface area contributed by atoms with Gasteiger partial charge in [-0.15, -0.1) is 0 Å². The summed E-state index contributed by atoms with van der Waals surface area (Å²) in [5.74, 6) is -4.91. The second kappa shape index (κ2) is 12.9. The molecular weight excluding hydrogens is 662 g/mol. The summed E-state index contributed by atoms with van der Waals surface area (Å²) in [7, 11) is 0. The molecular formula is C38H45NO12. The lowest BCUT2D eigenvalue weighted by Crippen LogP contribution is -2.80. The molecule has 2 bridgehead atoms. The van der Waals surface area contributed by atoms with Gasteiger partial charge in [0.2, 0.25) is 0 Å². The lowest BCUT2D eigenvalue weighted by atomic mass is 9.45. The van der Waals surface area contributed by atoms with E-state index in [2.05, 4.69) is 5.32 Å². The minimum Gasteiger partial charge on any atom is -0.456 e. The number of carbonyl (C=O) groups excluding carboxylic acids is 4. The van der Waals surface area contributed by atoms with E-state index in [-0.39, 0.29) is 29.7 Å². The van der Waals surface area contributed by atoms with E-state index < -0.39 is 101 Å². The van der Waals surface area contributed by atoms with Crippen molar-refractivity contribution in [1.82, 2.24) is 5.32 Å². The van der Waals surface area contributed by atoms with Crippen molar-refractivity contribution in [3.05, 3.63) is 82.9 Å². The van der Waals surface area contributed by atoms with Crippen molar-refractivity contribution < 1.29 is 58.9 Å². The van der Waals surface area contributed by atoms with Gasteiger partial charge in [-0.2, -0.15) is 0 Å². The highest BCUT2D eigenvalue weighted by molar-refractivity contribution is 5.96. The van der Waals surface area contributed by atoms with Crippen molar-refractivity contribution in [2.75, 3.05) is 6.61 Å². The third-order valence-corrected chi connectivity index (χ3v) is 12.0. The van der Waals surface area contributed by atoms with Crippen molar-refractivity contribution in [3.63, 3.8) is 0 Å². The van der Waals surface area contributed by atoms with Gasteiger partial charge in [0.05, 0.1) is 36.4 Å². The molecule has 1 amide bonds. The van der Waals surface area contributed by atoms with E-state index in [0.29, 0.717) is 5.56 Å². The molecule has 11 atom stereocenters. The van der Waals surface area contributed by atoms with Crippen LogP contribution in [0, 0.1) is 16.7 Å². The highest BCUT2D eigenvalue weighted by atomic mass is 16.6. The van der Waals surface area contributed by atoms with Crippen LogP contribution in [0.2, 0.25) is 0 Å². The fourth-order valence-electron chi connectivity index (χ4n) is 8.91. The maximum absolute atomic E-state index is 14.7. The first-order valence-electron chi connectivity index (χ1n) is 17.0. The van der Waals surface area contributed by atoms with Crippen molar-refractivity contribution in [3.8, 4) is 0 Å². The van der Waals surface area contributed by atoms with Crippen LogP contribution in [0.4, 0.5) is 0 Å². The molecule has 2 saturated carbocycles. The number of aliphatic hydroxyl groups is 5. The Balaban J connectivity index is 1.42. The number of ether oxygens (including phenoxy) is 3. The molecule has 0 radical (unpaired) electrons. The molecule has 274 valence electrons. The van der Waals surface area contributed by atoms with Crippen LogP contribution in [0.15, 0.2) is 71.8 Å². The molecule has 13 heteroatoms. The zero-order valence-corrected chi connectivity index (χ0v) is 29.1. The molecule has 1 saturated heterocycles. The van der Waals surface area contributed by atoms with Crippen LogP contribution >= 0.6 is 0 Å². The second-order valence-corrected chi connectivity index (χ2v) is 15.0. The summed E-state index contributed by atoms with van der Waals surface area (Å²) in [6.45, 7) is 6.83. The lowest BCUT2D eigenvalue weighted by molar-refractivity contribution is -0.344. The highest BCUT2D eigenvalue weighted by Gasteiger charge is 2.75. The Morgan fingerprint density at radius 3 is 2.14 bits per heavy atom. The third kappa shape index (κ3) is 5.62. The van der Waals surface area contributed by atoms with E-state index in [9.17, 15) is 44.7 Å². The molecule has 51 heavy (non-hydrogen) atoms. The minimum atomic E-state index is -2.27. The Morgan fingerprint density at radius 2 is 1.57 bits per heavy atom. The Bertz CT molecular complexity index is 1750. The van der Waals surface area contributed by atoms with Gasteiger partial charge in [0.15, 0.2) is 18.0 Å². The Labute approximate surface area is 295 Å². The van der Waals surface area contributed by atoms with Gasteiger partial charge in [0.1, 0.15) is 17.3 Å². The molecule has 2 aromatic rings. The molecule has 13 nitrogen and oxygen atoms in total. The maximum atomic E-state index is 14.7. The van der Waals surface area contributed by atoms with Gasteiger partial charge in [-0.25, -0.2) is 4.79 Å². The van der Waals surface area contributed by atoms with Crippen molar-refractivity contribution in [1.29, 1.82) is 0 Å². The summed E-state index contributed by atoms with van der Waals surface area (Å²) in [5, 5.41) is 62.5. The predicted octanol–water partition coefficient (Wildman–Crippen LogP) is 1.30. The topological polar surface area (TPSA) is 209 Å². The Kier molecular flexibility index (Phi) is 9.31. The van der Waals surface area contributed by atoms with E-state index >= 15 is 0 Å². The molecule has 6 rings (SSSR count). The number of hydrogen-bond donors (Lipinski definition) is 6. The largest absolute Gasteiger partial charge is 0.456 e. The van der Waals surface area contributed by atoms with E-state index in [0.717, 1.165) is 6.92 Å². The summed E-state index contributed by atoms with van der Waals surface area (Å²) >= 11 is 0. The van der Waals surface area contributed by atoms with E-state index in [4.69, 9.17) is 14.2 Å². The molecule has 0 unspecified atom stereocenters. The second-order valence-electron chi connectivity index (χ2n) is 15.0. The van der Waals surface area contributed by atoms with E-state index in [1.807, 2.05) is 0 Å². The Hall–Kier alpha value is -3.98. The standard InChI is InChI=1S/C38H45NO12/c1-19-23(51-34(46)28(42)27(21-12-8-6-9-13-21)39-33(45)22-14-10-7-11-15-22)17-38(48)32(44)30-36(5,24(41)16-25-37(30,47)18-49-25)31(43)29(50-20(2)40)26(19)35(38,3)4/h6-15,23-25,27-30,32,41-42,44,47-48H,16-18H2,1-5H3,(H,39,45)/t23-,24-,25+,27-,28+,29+,30-,32-,36+,37-,38+/m0/s1. The maximum Gasteiger partial charge on any atom is 0.338 e. The quantitative estimate of drug-likeness (QED) is 0.178. The zero-order valence-electron chi connectivity index (χ0n) is 29.1. The zero-order chi connectivity index (χ0) is 37.3. The smallest absolute Gasteiger partial charge is 0.338 e. The summed E-state index contributed by atoms with van der Waals surface area (Å²) in [4.78, 5) is 54.3. The molecule has 3 fully saturated rings. The van der Waals surface area contributed by atoms with Gasteiger partial charge in [0, 0.05) is 36.7 Å². The SMILES string of the molecule is CC(=O)O[C@H]1C(=O)[C@@]2(C)[C@H]([C@H](O)[C@]3(O)C[C@H](OC(=O)[C@H](O)[C@@H](NC(=O)c4ccccc4)c4ccccc4)C(C)=C1C3(C)C)[C@]1(O)CO[C@@H]1C[C@@H]2O. The molecule has 3 aliphatic carbocycles. The number of amides is 1. The van der Waals surface area contributed by atoms with Crippen LogP contribution in [0.3, 0.4) is 0 Å². The third-order valence-electron chi connectivity index (χ3n) is 12.0. The van der Waals surface area contributed by atoms with Gasteiger partial charge >= 0.3 is 11.9 Å². The van der Waals surface area contributed by atoms with Crippen LogP contribution in [0.1, 0.15) is 69.4 Å². The molecule has 4 aliphatic rings. The van der Waals surface area contributed by atoms with Gasteiger partial charge in [-0.05, 0) is 42.7 Å². The number of hydrogen-bond acceptors (Lipinski definition) is 12. The predicted molar refractivity (Wildman–Crippen MR) is 179 cm³/mol. The van der Waals surface area contributed by atoms with Crippen molar-refractivity contribution in [2.24, 2.45) is 16.7 Å². The van der Waals surface area contributed by atoms with Gasteiger partial charge < -0.3 is 45.1 Å². The van der Waals surface area contributed by atoms with E-state index in [1.54, 1.807) is 74.5 Å². The average molecular weight is 708 g/mol. The van der Waals surface area contributed by atoms with E-state index in [1.165, 1.54) is 13.8 Å². The van der Waals surface area contributed by atoms with Crippen molar-refractivity contribution >= 4 is 23.6 Å². The molecule has 0 aromatic heterocycles. The number of Topliss-reactive ketones (excluding diaryl/α,β-unsaturated/α-hetero) is 1. The molecule has 6 N–H and O–H groups in total. The number of benzene rings is 2. The number of nitrogens with one attached hydrogen (secondary N) is 1. The van der Waals surface area contributed by atoms with Gasteiger partial charge in [-0.1, -0.05) is 62.4 Å². The first kappa shape index (κ1) is 36.8. The van der Waals surface area contributed by atoms with Crippen LogP contribution in [0.25, 0.3) is 0 Å². The Morgan fingerprint density at radius 1 is 0.961 bits per heavy atom. The lowest BCUT2D eigenvalue weighted by Gasteiger charge is -2.66. The molecule has 1 heterocycles. The van der Waals surface area contributed by atoms with Crippen molar-refractivity contribution in [2.45, 2.75) is 101 Å². The summed E-state index contributed by atoms with van der Waals surface area (Å²) in [6.07, 6.45) is -9.98. The fourth-order valence-corrected chi connectivity index (χ4v) is 8.91. The number of aliphatic hydroxyl groups excluding tert-OH is 3. The number of rotatable bonds is 7. The van der Waals surface area contributed by atoms with Crippen LogP contribution in [-0.2, 0) is 28.6 Å². The number of ketones is 1.